The quantitative estimate of drug-likeness (QED) is 0.802. The van der Waals surface area contributed by atoms with E-state index >= 15 is 0 Å². The predicted octanol–water partition coefficient (Wildman–Crippen LogP) is 3.36. The van der Waals surface area contributed by atoms with Crippen LogP contribution in [0.15, 0.2) is 6.20 Å². The van der Waals surface area contributed by atoms with Crippen LogP contribution in [0.1, 0.15) is 25.1 Å². The molecule has 0 unspecified atom stereocenters. The monoisotopic (exact) mass is 237 g/mol. The third kappa shape index (κ3) is 1.69. The van der Waals surface area contributed by atoms with Crippen molar-refractivity contribution in [3.05, 3.63) is 22.6 Å². The average molecular weight is 238 g/mol. The Bertz CT molecular complexity index is 529. The summed E-state index contributed by atoms with van der Waals surface area (Å²) in [5.41, 5.74) is 3.51. The second-order valence-corrected chi connectivity index (χ2v) is 4.97. The molecular formula is C12H16ClN3. The van der Waals surface area contributed by atoms with Crippen molar-refractivity contribution in [2.24, 2.45) is 5.92 Å². The van der Waals surface area contributed by atoms with Gasteiger partial charge in [-0.15, -0.1) is 5.10 Å². The van der Waals surface area contributed by atoms with Crippen molar-refractivity contribution in [2.75, 3.05) is 0 Å². The standard InChI is InChI=1S/C12H16ClN3/c1-7(2)6-16-9(4)8(3)10-5-14-15-12(13)11(10)16/h5,7H,6H2,1-4H3. The van der Waals surface area contributed by atoms with Gasteiger partial charge in [-0.05, 0) is 25.3 Å². The molecule has 0 amide bonds. The largest absolute Gasteiger partial charge is 0.342 e. The Labute approximate surface area is 100 Å². The third-order valence-corrected chi connectivity index (χ3v) is 3.21. The van der Waals surface area contributed by atoms with Crippen molar-refractivity contribution in [1.29, 1.82) is 0 Å². The Hall–Kier alpha value is -1.09. The summed E-state index contributed by atoms with van der Waals surface area (Å²) in [6.45, 7) is 9.58. The zero-order valence-corrected chi connectivity index (χ0v) is 10.8. The van der Waals surface area contributed by atoms with Crippen molar-refractivity contribution in [3.8, 4) is 0 Å². The van der Waals surface area contributed by atoms with E-state index in [1.165, 1.54) is 11.3 Å². The third-order valence-electron chi connectivity index (χ3n) is 2.95. The van der Waals surface area contributed by atoms with E-state index in [1.807, 2.05) is 0 Å². The van der Waals surface area contributed by atoms with Gasteiger partial charge in [0.15, 0.2) is 5.15 Å². The molecule has 3 nitrogen and oxygen atoms in total. The van der Waals surface area contributed by atoms with Crippen molar-refractivity contribution < 1.29 is 0 Å². The lowest BCUT2D eigenvalue weighted by Gasteiger charge is -2.11. The van der Waals surface area contributed by atoms with E-state index in [4.69, 9.17) is 11.6 Å². The summed E-state index contributed by atoms with van der Waals surface area (Å²) in [5, 5.41) is 9.44. The Morgan fingerprint density at radius 1 is 1.38 bits per heavy atom. The van der Waals surface area contributed by atoms with Crippen LogP contribution >= 0.6 is 11.6 Å². The van der Waals surface area contributed by atoms with Crippen molar-refractivity contribution in [1.82, 2.24) is 14.8 Å². The molecule has 0 aromatic carbocycles. The molecule has 16 heavy (non-hydrogen) atoms. The van der Waals surface area contributed by atoms with Crippen LogP contribution in [0.4, 0.5) is 0 Å². The molecule has 0 saturated carbocycles. The van der Waals surface area contributed by atoms with Gasteiger partial charge in [-0.1, -0.05) is 25.4 Å². The molecule has 0 atom stereocenters. The van der Waals surface area contributed by atoms with Crippen LogP contribution in [0, 0.1) is 19.8 Å². The van der Waals surface area contributed by atoms with E-state index in [1.54, 1.807) is 6.20 Å². The zero-order valence-electron chi connectivity index (χ0n) is 10.1. The topological polar surface area (TPSA) is 30.7 Å². The van der Waals surface area contributed by atoms with Crippen LogP contribution in [-0.4, -0.2) is 14.8 Å². The molecular weight excluding hydrogens is 222 g/mol. The summed E-state index contributed by atoms with van der Waals surface area (Å²) in [4.78, 5) is 0. The maximum atomic E-state index is 6.14. The van der Waals surface area contributed by atoms with Crippen molar-refractivity contribution in [3.63, 3.8) is 0 Å². The smallest absolute Gasteiger partial charge is 0.175 e. The molecule has 86 valence electrons. The van der Waals surface area contributed by atoms with Crippen LogP contribution in [0.25, 0.3) is 10.9 Å². The number of halogens is 1. The molecule has 0 aliphatic carbocycles. The first-order valence-electron chi connectivity index (χ1n) is 5.49. The van der Waals surface area contributed by atoms with Gasteiger partial charge in [0.05, 0.1) is 11.7 Å². The van der Waals surface area contributed by atoms with E-state index in [9.17, 15) is 0 Å². The highest BCUT2D eigenvalue weighted by Gasteiger charge is 2.15. The van der Waals surface area contributed by atoms with Gasteiger partial charge in [0.1, 0.15) is 0 Å². The van der Waals surface area contributed by atoms with Gasteiger partial charge in [0.2, 0.25) is 0 Å². The summed E-state index contributed by atoms with van der Waals surface area (Å²) in [5.74, 6) is 0.581. The summed E-state index contributed by atoms with van der Waals surface area (Å²) >= 11 is 6.14. The van der Waals surface area contributed by atoms with Gasteiger partial charge in [-0.2, -0.15) is 5.10 Å². The Morgan fingerprint density at radius 2 is 2.06 bits per heavy atom. The summed E-state index contributed by atoms with van der Waals surface area (Å²) in [6.07, 6.45) is 1.79. The normalized spacial score (nSPS) is 11.6. The van der Waals surface area contributed by atoms with Gasteiger partial charge in [0.25, 0.3) is 0 Å². The minimum atomic E-state index is 0.495. The summed E-state index contributed by atoms with van der Waals surface area (Å²) < 4.78 is 2.24. The van der Waals surface area contributed by atoms with Crippen molar-refractivity contribution >= 4 is 22.5 Å². The number of nitrogens with zero attached hydrogens (tertiary/aromatic N) is 3. The molecule has 2 heterocycles. The number of aromatic nitrogens is 3. The second-order valence-electron chi connectivity index (χ2n) is 4.61. The second kappa shape index (κ2) is 4.06. The first-order chi connectivity index (χ1) is 7.52. The van der Waals surface area contributed by atoms with Crippen molar-refractivity contribution in [2.45, 2.75) is 34.2 Å². The number of hydrogen-bond donors (Lipinski definition) is 0. The van der Waals surface area contributed by atoms with E-state index < -0.39 is 0 Å². The zero-order chi connectivity index (χ0) is 11.9. The fourth-order valence-electron chi connectivity index (χ4n) is 2.05. The number of fused-ring (bicyclic) bond motifs is 1. The van der Waals surface area contributed by atoms with Crippen LogP contribution in [0.2, 0.25) is 5.15 Å². The highest BCUT2D eigenvalue weighted by Crippen LogP contribution is 2.29. The van der Waals surface area contributed by atoms with E-state index in [0.717, 1.165) is 17.4 Å². The van der Waals surface area contributed by atoms with Gasteiger partial charge in [-0.3, -0.25) is 0 Å². The molecule has 0 saturated heterocycles. The minimum absolute atomic E-state index is 0.495. The van der Waals surface area contributed by atoms with Crippen LogP contribution in [0.3, 0.4) is 0 Å². The molecule has 2 rings (SSSR count). The summed E-state index contributed by atoms with van der Waals surface area (Å²) in [6, 6.07) is 0. The van der Waals surface area contributed by atoms with Gasteiger partial charge in [-0.25, -0.2) is 0 Å². The van der Waals surface area contributed by atoms with Gasteiger partial charge < -0.3 is 4.57 Å². The Morgan fingerprint density at radius 3 is 2.69 bits per heavy atom. The highest BCUT2D eigenvalue weighted by molar-refractivity contribution is 6.33. The molecule has 4 heteroatoms. The maximum Gasteiger partial charge on any atom is 0.175 e. The van der Waals surface area contributed by atoms with E-state index in [2.05, 4.69) is 42.5 Å². The summed E-state index contributed by atoms with van der Waals surface area (Å²) in [7, 11) is 0. The molecule has 2 aromatic rings. The fourth-order valence-corrected chi connectivity index (χ4v) is 2.29. The Balaban J connectivity index is 2.76. The SMILES string of the molecule is Cc1c(C)n(CC(C)C)c2c(Cl)nncc12. The first-order valence-corrected chi connectivity index (χ1v) is 5.86. The average Bonchev–Trinajstić information content (AvgIpc) is 2.45. The van der Waals surface area contributed by atoms with Gasteiger partial charge >= 0.3 is 0 Å². The highest BCUT2D eigenvalue weighted by atomic mass is 35.5. The van der Waals surface area contributed by atoms with E-state index in [0.29, 0.717) is 11.1 Å². The molecule has 0 radical (unpaired) electrons. The maximum absolute atomic E-state index is 6.14. The first kappa shape index (κ1) is 11.4. The fraction of sp³-hybridized carbons (Fsp3) is 0.500. The predicted molar refractivity (Wildman–Crippen MR) is 66.9 cm³/mol. The Kier molecular flexibility index (Phi) is 2.89. The van der Waals surface area contributed by atoms with Crippen LogP contribution in [0.5, 0.6) is 0 Å². The van der Waals surface area contributed by atoms with Gasteiger partial charge in [0, 0.05) is 17.6 Å². The lowest BCUT2D eigenvalue weighted by molar-refractivity contribution is 0.527. The minimum Gasteiger partial charge on any atom is -0.342 e. The molecule has 0 aliphatic rings. The number of hydrogen-bond acceptors (Lipinski definition) is 2. The molecule has 0 fully saturated rings. The molecule has 0 aliphatic heterocycles. The molecule has 0 N–H and O–H groups in total. The number of rotatable bonds is 2. The number of aryl methyl sites for hydroxylation is 1. The van der Waals surface area contributed by atoms with E-state index in [-0.39, 0.29) is 0 Å². The molecule has 0 bridgehead atoms. The molecule has 0 spiro atoms. The van der Waals surface area contributed by atoms with Crippen LogP contribution < -0.4 is 0 Å². The van der Waals surface area contributed by atoms with Crippen LogP contribution in [-0.2, 0) is 6.54 Å². The lowest BCUT2D eigenvalue weighted by Crippen LogP contribution is -2.06. The molecule has 2 aromatic heterocycles. The lowest BCUT2D eigenvalue weighted by atomic mass is 10.2.